The van der Waals surface area contributed by atoms with Crippen LogP contribution in [0, 0.1) is 46.3 Å². The minimum atomic E-state index is -4.88. The summed E-state index contributed by atoms with van der Waals surface area (Å²) in [6.45, 7) is 17.7. The second-order valence-corrected chi connectivity index (χ2v) is 28.2. The van der Waals surface area contributed by atoms with Gasteiger partial charge in [-0.1, -0.05) is 46.3 Å². The highest BCUT2D eigenvalue weighted by Gasteiger charge is 2.64. The van der Waals surface area contributed by atoms with Gasteiger partial charge in [0.15, 0.2) is 31.5 Å². The molecule has 5 saturated heterocycles. The van der Waals surface area contributed by atoms with Crippen molar-refractivity contribution in [2.45, 2.75) is 299 Å². The molecule has 34 atom stereocenters. The molecule has 85 heavy (non-hydrogen) atoms. The first-order valence-electron chi connectivity index (χ1n) is 30.4. The number of aliphatic hydroxyl groups excluding tert-OH is 11. The lowest BCUT2D eigenvalue weighted by molar-refractivity contribution is -0.432. The summed E-state index contributed by atoms with van der Waals surface area (Å²) in [6.07, 6.45) is -35.8. The monoisotopic (exact) mass is 1240 g/mol. The molecule has 0 aromatic heterocycles. The smallest absolute Gasteiger partial charge is 0.393 e. The molecule has 5 aliphatic heterocycles. The van der Waals surface area contributed by atoms with E-state index in [1.54, 1.807) is 0 Å². The Morgan fingerprint density at radius 1 is 0.576 bits per heavy atom. The molecule has 0 spiro atoms. The molecule has 0 radical (unpaired) electrons. The average molecular weight is 1250 g/mol. The summed E-state index contributed by atoms with van der Waals surface area (Å²) in [5, 5.41) is 147. The van der Waals surface area contributed by atoms with Crippen molar-refractivity contribution in [2.24, 2.45) is 46.3 Å². The van der Waals surface area contributed by atoms with Crippen LogP contribution in [0.3, 0.4) is 0 Å². The topological polar surface area (TPSA) is 419 Å². The van der Waals surface area contributed by atoms with Crippen LogP contribution >= 0.6 is 0 Å². The van der Waals surface area contributed by atoms with Gasteiger partial charge in [-0.15, -0.1) is 0 Å². The van der Waals surface area contributed by atoms with Crippen molar-refractivity contribution in [3.05, 3.63) is 11.6 Å². The van der Waals surface area contributed by atoms with Gasteiger partial charge in [0, 0.05) is 0 Å². The van der Waals surface area contributed by atoms with Crippen molar-refractivity contribution in [1.82, 2.24) is 0 Å². The highest BCUT2D eigenvalue weighted by molar-refractivity contribution is 7.80. The highest BCUT2D eigenvalue weighted by Crippen LogP contribution is 2.67. The van der Waals surface area contributed by atoms with Gasteiger partial charge < -0.3 is 114 Å². The van der Waals surface area contributed by atoms with Crippen LogP contribution in [0.2, 0.25) is 0 Å². The molecule has 0 amide bonds. The van der Waals surface area contributed by atoms with Crippen molar-refractivity contribution >= 4 is 10.4 Å². The quantitative estimate of drug-likeness (QED) is 0.0459. The predicted molar refractivity (Wildman–Crippen MR) is 290 cm³/mol. The Labute approximate surface area is 496 Å². The molecule has 2 unspecified atom stereocenters. The molecule has 14 N–H and O–H groups in total. The van der Waals surface area contributed by atoms with Gasteiger partial charge in [-0.2, -0.15) is 8.42 Å². The van der Waals surface area contributed by atoms with E-state index < -0.39 is 193 Å². The normalized spacial score (nSPS) is 51.9. The largest absolute Gasteiger partial charge is 0.397 e. The number of hydrogen-bond acceptors (Lipinski definition) is 26. The summed E-state index contributed by atoms with van der Waals surface area (Å²) in [6, 6.07) is 0. The molecule has 0 aromatic rings. The van der Waals surface area contributed by atoms with E-state index in [1.165, 1.54) is 40.2 Å². The first-order valence-corrected chi connectivity index (χ1v) is 31.8. The second kappa shape index (κ2) is 26.0. The maximum atomic E-state index is 12.5. The highest BCUT2D eigenvalue weighted by atomic mass is 32.3. The predicted octanol–water partition coefficient (Wildman–Crippen LogP) is -1.26. The molecule has 8 fully saturated rings. The zero-order valence-corrected chi connectivity index (χ0v) is 50.8. The summed E-state index contributed by atoms with van der Waals surface area (Å²) in [5.41, 5.74) is 0.451. The summed E-state index contributed by atoms with van der Waals surface area (Å²) < 4.78 is 101. The van der Waals surface area contributed by atoms with Gasteiger partial charge in [0.25, 0.3) is 0 Å². The van der Waals surface area contributed by atoms with Gasteiger partial charge in [0.2, 0.25) is 5.79 Å². The van der Waals surface area contributed by atoms with Crippen molar-refractivity contribution in [1.29, 1.82) is 0 Å². The fourth-order valence-electron chi connectivity index (χ4n) is 16.2. The Kier molecular flexibility index (Phi) is 20.8. The number of allylic oxidation sites excluding steroid dienone is 2. The van der Waals surface area contributed by atoms with Gasteiger partial charge in [0.1, 0.15) is 91.6 Å². The average Bonchev–Trinajstić information content (AvgIpc) is 1.79. The number of rotatable bonds is 17. The van der Waals surface area contributed by atoms with E-state index in [0.29, 0.717) is 37.5 Å². The van der Waals surface area contributed by atoms with Crippen molar-refractivity contribution in [3.63, 3.8) is 0 Å². The van der Waals surface area contributed by atoms with Crippen molar-refractivity contribution in [2.75, 3.05) is 0 Å². The van der Waals surface area contributed by atoms with E-state index in [-0.39, 0.29) is 36.0 Å². The van der Waals surface area contributed by atoms with Crippen LogP contribution in [0.5, 0.6) is 0 Å². The Balaban J connectivity index is 0.999. The fraction of sp³-hybridized carbons (Fsp3) is 0.965. The third kappa shape index (κ3) is 13.4. The van der Waals surface area contributed by atoms with Crippen LogP contribution in [-0.4, -0.2) is 251 Å². The van der Waals surface area contributed by atoms with Gasteiger partial charge in [-0.3, -0.25) is 4.55 Å². The Hall–Kier alpha value is -1.31. The van der Waals surface area contributed by atoms with Gasteiger partial charge in [-0.25, -0.2) is 4.18 Å². The van der Waals surface area contributed by atoms with Gasteiger partial charge >= 0.3 is 10.4 Å². The molecule has 0 bridgehead atoms. The first kappa shape index (κ1) is 68.1. The summed E-state index contributed by atoms with van der Waals surface area (Å²) in [7, 11) is -4.88. The van der Waals surface area contributed by atoms with Gasteiger partial charge in [0.05, 0.1) is 42.7 Å². The zero-order chi connectivity index (χ0) is 62.5. The van der Waals surface area contributed by atoms with Crippen LogP contribution < -0.4 is 0 Å². The van der Waals surface area contributed by atoms with Crippen LogP contribution in [0.25, 0.3) is 0 Å². The maximum absolute atomic E-state index is 12.5. The van der Waals surface area contributed by atoms with Crippen molar-refractivity contribution in [3.8, 4) is 0 Å². The Morgan fingerprint density at radius 2 is 1.09 bits per heavy atom. The Morgan fingerprint density at radius 3 is 1.67 bits per heavy atom. The van der Waals surface area contributed by atoms with E-state index in [1.807, 2.05) is 0 Å². The van der Waals surface area contributed by atoms with E-state index in [2.05, 4.69) is 40.7 Å². The van der Waals surface area contributed by atoms with Crippen molar-refractivity contribution < 1.29 is 131 Å². The molecule has 9 aliphatic rings. The summed E-state index contributed by atoms with van der Waals surface area (Å²) in [5.74, 6) is -2.61. The van der Waals surface area contributed by atoms with Crippen LogP contribution in [0.1, 0.15) is 127 Å². The molecule has 28 heteroatoms. The third-order valence-corrected chi connectivity index (χ3v) is 21.5. The number of hydrogen-bond donors (Lipinski definition) is 14. The molecule has 4 aliphatic carbocycles. The minimum Gasteiger partial charge on any atom is -0.393 e. The lowest BCUT2D eigenvalue weighted by Gasteiger charge is -2.60. The zero-order valence-electron chi connectivity index (χ0n) is 50.0. The summed E-state index contributed by atoms with van der Waals surface area (Å²) >= 11 is 0. The third-order valence-electron chi connectivity index (χ3n) is 20.9. The number of ether oxygens (including phenoxy) is 10. The van der Waals surface area contributed by atoms with E-state index >= 15 is 0 Å². The second-order valence-electron chi connectivity index (χ2n) is 27.1. The van der Waals surface area contributed by atoms with E-state index in [0.717, 1.165) is 19.3 Å². The molecule has 5 heterocycles. The molecule has 27 nitrogen and oxygen atoms in total. The molecule has 492 valence electrons. The maximum Gasteiger partial charge on any atom is 0.397 e. The van der Waals surface area contributed by atoms with Crippen LogP contribution in [0.4, 0.5) is 0 Å². The summed E-state index contributed by atoms with van der Waals surface area (Å²) in [4.78, 5) is 0. The minimum absolute atomic E-state index is 0.0524. The number of aliphatic hydroxyl groups is 13. The molecule has 0 aromatic carbocycles. The lowest BCUT2D eigenvalue weighted by Crippen LogP contribution is -2.70. The standard InChI is InChI=1S/C57H96O27S/c1-21(2)17-28(58)18-22(3)31-11-12-32-30-20-35(34-19-29(84-85(71,72)73)13-15-56(34,10)33(30)14-16-55(31,32)9)79-52-45(68)49(57(69,70)27(8)78-52)83-54-48(82-51-43(66)40(63)37(60)24(5)75-51)44(67)46(26(7)77-54)80-53-47(41(64)38(61)25(6)76-53)81-50-42(65)39(62)36(59)23(4)74-50/h14,21-32,34-54,58-70H,11-13,15-20H2,1-10H3,(H,71,72,73)/t22-,23-,24-,25-,26-,27-,28?,29+,30+,31-,32+,34?,35+,36+,37-,38+,39+,40+,41+,42-,43-,44+,45-,46-,47-,48-,49-,50+,51+,52+,53+,54+,55-,56-/m1/s1. The van der Waals surface area contributed by atoms with Gasteiger partial charge in [-0.05, 0) is 139 Å². The molecule has 3 saturated carbocycles. The SMILES string of the molecule is CC(C)CC(O)C[C@@H](C)[C@H]1CC[C@H]2[C@@H]3C[C@H](O[C@@H]4O[C@H](C)C(O)(O)[C@H](O[C@@H]5O[C@H](C)[C@@H](O[C@@H]6O[C@H](C)[C@H](O)[C@H](O)[C@H]6O[C@@H]6O[C@H](C)[C@H](O)[C@H](O)[C@H]6O)[C@H](O)[C@H]5O[C@@H]5O[C@H](C)[C@@H](O)[C@H](O)[C@H]5O)[C@H]4O)C4C[C@@H](OS(=O)(=O)O)CC[C@]4(C)C3=CC[C@]12C. The molecular formula is C57H96O27S. The van der Waals surface area contributed by atoms with E-state index in [4.69, 9.17) is 51.6 Å². The number of fused-ring (bicyclic) bond motifs is 5. The Bertz CT molecular complexity index is 2390. The van der Waals surface area contributed by atoms with Crippen LogP contribution in [-0.2, 0) is 62.0 Å². The molecular weight excluding hydrogens is 1150 g/mol. The van der Waals surface area contributed by atoms with E-state index in [9.17, 15) is 79.4 Å². The first-order chi connectivity index (χ1) is 39.6. The molecule has 9 rings (SSSR count). The lowest BCUT2D eigenvalue weighted by atomic mass is 9.47. The fourth-order valence-corrected chi connectivity index (χ4v) is 16.7. The van der Waals surface area contributed by atoms with Crippen LogP contribution in [0.15, 0.2) is 11.6 Å².